The molecule has 3 nitrogen and oxygen atoms in total. The monoisotopic (exact) mass is 358 g/mol. The molecule has 0 saturated heterocycles. The van der Waals surface area contributed by atoms with Gasteiger partial charge in [-0.3, -0.25) is 4.57 Å². The number of benzene rings is 2. The van der Waals surface area contributed by atoms with Gasteiger partial charge in [0.05, 0.1) is 22.3 Å². The SMILES string of the molecule is [2H]C([2H])([2H])C([2H])(C)c1cc[n+](C)c(-c2c(C)ccc3c2Cc2nc4ccccc4n2-3)c1. The lowest BCUT2D eigenvalue weighted by molar-refractivity contribution is -0.660. The van der Waals surface area contributed by atoms with Crippen LogP contribution in [0.5, 0.6) is 0 Å². The van der Waals surface area contributed by atoms with Crippen molar-refractivity contribution in [3.63, 3.8) is 0 Å². The average molecular weight is 359 g/mol. The van der Waals surface area contributed by atoms with Crippen LogP contribution in [0.15, 0.2) is 54.7 Å². The third-order valence-electron chi connectivity index (χ3n) is 5.54. The van der Waals surface area contributed by atoms with E-state index in [4.69, 9.17) is 10.5 Å². The summed E-state index contributed by atoms with van der Waals surface area (Å²) < 4.78 is 36.3. The zero-order valence-electron chi connectivity index (χ0n) is 19.7. The van der Waals surface area contributed by atoms with E-state index in [2.05, 4.69) is 29.7 Å². The molecule has 4 aromatic rings. The standard InChI is InChI=1S/C24H24N3/c1-15(2)17-11-12-26(4)22(13-17)24-16(3)9-10-20-18(24)14-23-25-19-7-5-6-8-21(19)27(20)23/h5-13,15H,14H2,1-4H3/q+1/i1D3,15D. The normalized spacial score (nSPS) is 17.4. The lowest BCUT2D eigenvalue weighted by Gasteiger charge is -2.13. The maximum Gasteiger partial charge on any atom is 0.213 e. The molecule has 0 fully saturated rings. The Hall–Kier alpha value is -2.94. The zero-order valence-corrected chi connectivity index (χ0v) is 15.7. The molecule has 0 N–H and O–H groups in total. The highest BCUT2D eigenvalue weighted by molar-refractivity contribution is 5.83. The Morgan fingerprint density at radius 2 is 2.07 bits per heavy atom. The molecule has 134 valence electrons. The van der Waals surface area contributed by atoms with E-state index in [0.717, 1.165) is 39.4 Å². The van der Waals surface area contributed by atoms with Crippen LogP contribution >= 0.6 is 0 Å². The van der Waals surface area contributed by atoms with Crippen molar-refractivity contribution in [2.24, 2.45) is 7.05 Å². The second-order valence-electron chi connectivity index (χ2n) is 7.32. The topological polar surface area (TPSA) is 21.7 Å². The van der Waals surface area contributed by atoms with Crippen molar-refractivity contribution in [2.75, 3.05) is 0 Å². The highest BCUT2D eigenvalue weighted by Crippen LogP contribution is 2.39. The van der Waals surface area contributed by atoms with Crippen LogP contribution < -0.4 is 4.57 Å². The number of aryl methyl sites for hydroxylation is 2. The Bertz CT molecular complexity index is 1350. The summed E-state index contributed by atoms with van der Waals surface area (Å²) in [5.41, 5.74) is 7.95. The van der Waals surface area contributed by atoms with Crippen LogP contribution in [0.4, 0.5) is 0 Å². The van der Waals surface area contributed by atoms with Gasteiger partial charge in [0.15, 0.2) is 6.20 Å². The van der Waals surface area contributed by atoms with Crippen LogP contribution in [0.3, 0.4) is 0 Å². The number of hydrogen-bond acceptors (Lipinski definition) is 1. The molecule has 1 aliphatic rings. The van der Waals surface area contributed by atoms with Crippen LogP contribution in [-0.2, 0) is 13.5 Å². The molecule has 0 amide bonds. The first-order valence-electron chi connectivity index (χ1n) is 11.2. The van der Waals surface area contributed by atoms with Gasteiger partial charge in [-0.1, -0.05) is 32.0 Å². The summed E-state index contributed by atoms with van der Waals surface area (Å²) >= 11 is 0. The fraction of sp³-hybridized carbons (Fsp3) is 0.250. The molecule has 27 heavy (non-hydrogen) atoms. The molecule has 1 aliphatic heterocycles. The quantitative estimate of drug-likeness (QED) is 0.413. The van der Waals surface area contributed by atoms with Gasteiger partial charge in [0.1, 0.15) is 12.9 Å². The largest absolute Gasteiger partial charge is 0.296 e. The minimum absolute atomic E-state index is 0.485. The summed E-state index contributed by atoms with van der Waals surface area (Å²) in [5, 5.41) is 0. The number of hydrogen-bond donors (Lipinski definition) is 0. The van der Waals surface area contributed by atoms with Crippen molar-refractivity contribution in [3.8, 4) is 16.9 Å². The van der Waals surface area contributed by atoms with Crippen LogP contribution in [0.2, 0.25) is 0 Å². The van der Waals surface area contributed by atoms with E-state index in [9.17, 15) is 0 Å². The van der Waals surface area contributed by atoms with Gasteiger partial charge in [-0.25, -0.2) is 9.55 Å². The molecule has 0 bridgehead atoms. The minimum Gasteiger partial charge on any atom is -0.296 e. The number of nitrogens with zero attached hydrogens (tertiary/aromatic N) is 3. The average Bonchev–Trinajstić information content (AvgIpc) is 3.23. The predicted octanol–water partition coefficient (Wildman–Crippen LogP) is 4.85. The van der Waals surface area contributed by atoms with Crippen LogP contribution in [0.25, 0.3) is 28.0 Å². The van der Waals surface area contributed by atoms with E-state index < -0.39 is 12.7 Å². The van der Waals surface area contributed by atoms with E-state index in [-0.39, 0.29) is 0 Å². The molecule has 3 heteroatoms. The Kier molecular flexibility index (Phi) is 2.67. The van der Waals surface area contributed by atoms with E-state index in [1.54, 1.807) is 6.07 Å². The third kappa shape index (κ3) is 2.34. The molecule has 0 spiro atoms. The number of pyridine rings is 1. The molecule has 2 aromatic heterocycles. The first-order valence-corrected chi connectivity index (χ1v) is 9.19. The van der Waals surface area contributed by atoms with Gasteiger partial charge in [-0.15, -0.1) is 0 Å². The predicted molar refractivity (Wildman–Crippen MR) is 109 cm³/mol. The van der Waals surface area contributed by atoms with E-state index in [0.29, 0.717) is 12.0 Å². The molecular formula is C24H24N3+. The lowest BCUT2D eigenvalue weighted by atomic mass is 9.93. The molecule has 0 aliphatic carbocycles. The molecular weight excluding hydrogens is 330 g/mol. The molecule has 1 unspecified atom stereocenters. The van der Waals surface area contributed by atoms with Crippen LogP contribution in [0, 0.1) is 6.92 Å². The van der Waals surface area contributed by atoms with E-state index in [1.165, 1.54) is 12.5 Å². The van der Waals surface area contributed by atoms with Crippen molar-refractivity contribution in [2.45, 2.75) is 33.0 Å². The summed E-state index contributed by atoms with van der Waals surface area (Å²) in [4.78, 5) is 4.84. The van der Waals surface area contributed by atoms with Crippen molar-refractivity contribution in [3.05, 3.63) is 77.2 Å². The van der Waals surface area contributed by atoms with Gasteiger partial charge in [-0.05, 0) is 47.7 Å². The van der Waals surface area contributed by atoms with Crippen LogP contribution in [0.1, 0.15) is 47.7 Å². The lowest BCUT2D eigenvalue weighted by Crippen LogP contribution is -2.31. The zero-order chi connectivity index (χ0) is 22.1. The second kappa shape index (κ2) is 5.78. The van der Waals surface area contributed by atoms with Gasteiger partial charge in [-0.2, -0.15) is 0 Å². The second-order valence-corrected chi connectivity index (χ2v) is 7.32. The van der Waals surface area contributed by atoms with Crippen molar-refractivity contribution >= 4 is 11.0 Å². The smallest absolute Gasteiger partial charge is 0.213 e. The Morgan fingerprint density at radius 3 is 2.93 bits per heavy atom. The summed E-state index contributed by atoms with van der Waals surface area (Å²) in [6.45, 7) is 1.12. The number of para-hydroxylation sites is 2. The van der Waals surface area contributed by atoms with Gasteiger partial charge in [0.25, 0.3) is 0 Å². The molecule has 3 heterocycles. The Morgan fingerprint density at radius 1 is 1.22 bits per heavy atom. The van der Waals surface area contributed by atoms with E-state index in [1.807, 2.05) is 42.1 Å². The fourth-order valence-corrected chi connectivity index (χ4v) is 4.17. The highest BCUT2D eigenvalue weighted by Gasteiger charge is 2.29. The fourth-order valence-electron chi connectivity index (χ4n) is 4.17. The number of imidazole rings is 1. The highest BCUT2D eigenvalue weighted by atomic mass is 15.1. The van der Waals surface area contributed by atoms with Crippen LogP contribution in [-0.4, -0.2) is 9.55 Å². The summed E-state index contributed by atoms with van der Waals surface area (Å²) in [7, 11) is 1.96. The first kappa shape index (κ1) is 12.4. The molecule has 0 saturated carbocycles. The first-order chi connectivity index (χ1) is 14.6. The number of rotatable bonds is 2. The summed E-state index contributed by atoms with van der Waals surface area (Å²) in [5.74, 6) is -0.681. The van der Waals surface area contributed by atoms with Gasteiger partial charge < -0.3 is 0 Å². The molecule has 5 rings (SSSR count). The minimum atomic E-state index is -2.42. The van der Waals surface area contributed by atoms with Crippen molar-refractivity contribution in [1.29, 1.82) is 0 Å². The maximum atomic E-state index is 8.54. The third-order valence-corrected chi connectivity index (χ3v) is 5.54. The Labute approximate surface area is 165 Å². The Balaban J connectivity index is 1.73. The summed E-state index contributed by atoms with van der Waals surface area (Å²) in [6.07, 6.45) is 2.56. The summed E-state index contributed by atoms with van der Waals surface area (Å²) in [6, 6.07) is 16.0. The van der Waals surface area contributed by atoms with Crippen molar-refractivity contribution < 1.29 is 10.1 Å². The van der Waals surface area contributed by atoms with Gasteiger partial charge in [0, 0.05) is 24.0 Å². The maximum absolute atomic E-state index is 8.54. The molecule has 0 radical (unpaired) electrons. The molecule has 2 aromatic carbocycles. The van der Waals surface area contributed by atoms with Crippen molar-refractivity contribution in [1.82, 2.24) is 9.55 Å². The van der Waals surface area contributed by atoms with Gasteiger partial charge in [0.2, 0.25) is 5.69 Å². The number of aromatic nitrogens is 3. The van der Waals surface area contributed by atoms with E-state index >= 15 is 0 Å². The number of fused-ring (bicyclic) bond motifs is 5. The molecule has 1 atom stereocenters. The van der Waals surface area contributed by atoms with Gasteiger partial charge >= 0.3 is 0 Å².